The molecule has 2 aromatic heterocycles. The Morgan fingerprint density at radius 2 is 2.00 bits per heavy atom. The predicted octanol–water partition coefficient (Wildman–Crippen LogP) is 3.74. The van der Waals surface area contributed by atoms with Gasteiger partial charge in [0.2, 0.25) is 5.88 Å². The van der Waals surface area contributed by atoms with E-state index >= 15 is 0 Å². The Labute approximate surface area is 150 Å². The number of nitrogens with one attached hydrogen (secondary N) is 2. The summed E-state index contributed by atoms with van der Waals surface area (Å²) >= 11 is 1.62. The SMILES string of the molecule is COc1ncccc1CNC(=O)N[C@H](c1ccccc1)c1cccs1. The van der Waals surface area contributed by atoms with Crippen molar-refractivity contribution in [2.24, 2.45) is 0 Å². The Balaban J connectivity index is 1.69. The molecule has 0 fully saturated rings. The first-order chi connectivity index (χ1) is 12.3. The van der Waals surface area contributed by atoms with Gasteiger partial charge in [-0.3, -0.25) is 0 Å². The molecule has 0 aliphatic carbocycles. The maximum Gasteiger partial charge on any atom is 0.315 e. The van der Waals surface area contributed by atoms with E-state index in [1.807, 2.05) is 60.0 Å². The highest BCUT2D eigenvalue weighted by Crippen LogP contribution is 2.25. The molecular weight excluding hydrogens is 334 g/mol. The molecule has 128 valence electrons. The van der Waals surface area contributed by atoms with E-state index in [-0.39, 0.29) is 12.1 Å². The van der Waals surface area contributed by atoms with Gasteiger partial charge in [-0.2, -0.15) is 0 Å². The molecule has 0 spiro atoms. The van der Waals surface area contributed by atoms with Gasteiger partial charge in [0, 0.05) is 23.2 Å². The minimum absolute atomic E-state index is 0.183. The molecule has 0 saturated heterocycles. The second-order valence-electron chi connectivity index (χ2n) is 5.36. The monoisotopic (exact) mass is 353 g/mol. The van der Waals surface area contributed by atoms with E-state index in [1.165, 1.54) is 0 Å². The molecule has 0 aliphatic heterocycles. The van der Waals surface area contributed by atoms with Crippen LogP contribution in [0.25, 0.3) is 0 Å². The largest absolute Gasteiger partial charge is 0.481 e. The first-order valence-corrected chi connectivity index (χ1v) is 8.76. The lowest BCUT2D eigenvalue weighted by atomic mass is 10.1. The third-order valence-electron chi connectivity index (χ3n) is 3.72. The number of methoxy groups -OCH3 is 1. The van der Waals surface area contributed by atoms with Crippen molar-refractivity contribution in [2.75, 3.05) is 7.11 Å². The minimum atomic E-state index is -0.242. The van der Waals surface area contributed by atoms with Gasteiger partial charge >= 0.3 is 6.03 Å². The molecule has 2 heterocycles. The van der Waals surface area contributed by atoms with E-state index in [2.05, 4.69) is 15.6 Å². The molecule has 2 amide bonds. The zero-order valence-electron chi connectivity index (χ0n) is 13.8. The minimum Gasteiger partial charge on any atom is -0.481 e. The Kier molecular flexibility index (Phi) is 5.64. The van der Waals surface area contributed by atoms with Crippen molar-refractivity contribution in [1.82, 2.24) is 15.6 Å². The van der Waals surface area contributed by atoms with Crippen LogP contribution in [0.3, 0.4) is 0 Å². The third kappa shape index (κ3) is 4.36. The van der Waals surface area contributed by atoms with Gasteiger partial charge in [0.15, 0.2) is 0 Å². The van der Waals surface area contributed by atoms with Crippen LogP contribution in [0.5, 0.6) is 5.88 Å². The molecule has 5 nitrogen and oxygen atoms in total. The number of nitrogens with zero attached hydrogens (tertiary/aromatic N) is 1. The summed E-state index contributed by atoms with van der Waals surface area (Å²) in [6.45, 7) is 0.342. The summed E-state index contributed by atoms with van der Waals surface area (Å²) in [6.07, 6.45) is 1.66. The molecule has 0 saturated carbocycles. The molecule has 3 aromatic rings. The van der Waals surface area contributed by atoms with E-state index < -0.39 is 0 Å². The fourth-order valence-corrected chi connectivity index (χ4v) is 3.32. The Bertz CT molecular complexity index is 807. The van der Waals surface area contributed by atoms with Crippen LogP contribution in [0.2, 0.25) is 0 Å². The van der Waals surface area contributed by atoms with E-state index in [4.69, 9.17) is 4.74 Å². The summed E-state index contributed by atoms with van der Waals surface area (Å²) in [4.78, 5) is 17.6. The van der Waals surface area contributed by atoms with Crippen molar-refractivity contribution in [2.45, 2.75) is 12.6 Å². The molecule has 3 rings (SSSR count). The Hall–Kier alpha value is -2.86. The van der Waals surface area contributed by atoms with Crippen LogP contribution in [-0.4, -0.2) is 18.1 Å². The average Bonchev–Trinajstić information content (AvgIpc) is 3.20. The van der Waals surface area contributed by atoms with Gasteiger partial charge in [0.1, 0.15) is 0 Å². The zero-order chi connectivity index (χ0) is 17.5. The molecule has 2 N–H and O–H groups in total. The summed E-state index contributed by atoms with van der Waals surface area (Å²) in [7, 11) is 1.56. The van der Waals surface area contributed by atoms with Crippen molar-refractivity contribution in [3.8, 4) is 5.88 Å². The smallest absolute Gasteiger partial charge is 0.315 e. The average molecular weight is 353 g/mol. The first-order valence-electron chi connectivity index (χ1n) is 7.88. The molecule has 0 radical (unpaired) electrons. The number of ether oxygens (including phenoxy) is 1. The molecule has 1 aromatic carbocycles. The number of benzene rings is 1. The zero-order valence-corrected chi connectivity index (χ0v) is 14.6. The summed E-state index contributed by atoms with van der Waals surface area (Å²) in [6, 6.07) is 17.2. The van der Waals surface area contributed by atoms with Gasteiger partial charge in [-0.05, 0) is 23.1 Å². The van der Waals surface area contributed by atoms with Crippen LogP contribution < -0.4 is 15.4 Å². The number of urea groups is 1. The molecule has 25 heavy (non-hydrogen) atoms. The maximum atomic E-state index is 12.4. The van der Waals surface area contributed by atoms with E-state index in [0.717, 1.165) is 16.0 Å². The van der Waals surface area contributed by atoms with Crippen molar-refractivity contribution in [3.05, 3.63) is 82.2 Å². The highest BCUT2D eigenvalue weighted by molar-refractivity contribution is 7.10. The fourth-order valence-electron chi connectivity index (χ4n) is 2.52. The summed E-state index contributed by atoms with van der Waals surface area (Å²) in [5.41, 5.74) is 1.87. The quantitative estimate of drug-likeness (QED) is 0.709. The third-order valence-corrected chi connectivity index (χ3v) is 4.66. The van der Waals surface area contributed by atoms with Crippen molar-refractivity contribution in [3.63, 3.8) is 0 Å². The van der Waals surface area contributed by atoms with E-state index in [0.29, 0.717) is 12.4 Å². The van der Waals surface area contributed by atoms with Crippen LogP contribution in [0.1, 0.15) is 22.0 Å². The van der Waals surface area contributed by atoms with Gasteiger partial charge in [-0.15, -0.1) is 11.3 Å². The van der Waals surface area contributed by atoms with E-state index in [1.54, 1.807) is 24.6 Å². The van der Waals surface area contributed by atoms with Crippen LogP contribution in [0.4, 0.5) is 4.79 Å². The second-order valence-corrected chi connectivity index (χ2v) is 6.34. The summed E-state index contributed by atoms with van der Waals surface area (Å²) in [5.74, 6) is 0.515. The fraction of sp³-hybridized carbons (Fsp3) is 0.158. The standard InChI is InChI=1S/C19H19N3O2S/c1-24-18-15(9-5-11-20-18)13-21-19(23)22-17(16-10-6-12-25-16)14-7-3-2-4-8-14/h2-12,17H,13H2,1H3,(H2,21,22,23)/t17-/m1/s1. The number of pyridine rings is 1. The number of hydrogen-bond donors (Lipinski definition) is 2. The lowest BCUT2D eigenvalue weighted by Gasteiger charge is -2.18. The summed E-state index contributed by atoms with van der Waals surface area (Å²) < 4.78 is 5.21. The van der Waals surface area contributed by atoms with Crippen molar-refractivity contribution >= 4 is 17.4 Å². The molecule has 0 unspecified atom stereocenters. The highest BCUT2D eigenvalue weighted by Gasteiger charge is 2.17. The first kappa shape index (κ1) is 17.0. The number of thiophene rings is 1. The van der Waals surface area contributed by atoms with Gasteiger partial charge in [0.05, 0.1) is 13.2 Å². The van der Waals surface area contributed by atoms with Crippen LogP contribution in [0.15, 0.2) is 66.2 Å². The number of rotatable bonds is 6. The number of aromatic nitrogens is 1. The van der Waals surface area contributed by atoms with Crippen LogP contribution in [0, 0.1) is 0 Å². The number of carbonyl (C=O) groups is 1. The van der Waals surface area contributed by atoms with Gasteiger partial charge < -0.3 is 15.4 Å². The lowest BCUT2D eigenvalue weighted by molar-refractivity contribution is 0.238. The number of hydrogen-bond acceptors (Lipinski definition) is 4. The van der Waals surface area contributed by atoms with Gasteiger partial charge in [0.25, 0.3) is 0 Å². The molecule has 1 atom stereocenters. The van der Waals surface area contributed by atoms with Gasteiger partial charge in [-0.25, -0.2) is 9.78 Å². The topological polar surface area (TPSA) is 63.2 Å². The van der Waals surface area contributed by atoms with Crippen molar-refractivity contribution in [1.29, 1.82) is 0 Å². The molecule has 0 aliphatic rings. The second kappa shape index (κ2) is 8.30. The predicted molar refractivity (Wildman–Crippen MR) is 98.8 cm³/mol. The number of carbonyl (C=O) groups excluding carboxylic acids is 1. The number of amides is 2. The highest BCUT2D eigenvalue weighted by atomic mass is 32.1. The Morgan fingerprint density at radius 1 is 1.16 bits per heavy atom. The summed E-state index contributed by atoms with van der Waals surface area (Å²) in [5, 5.41) is 7.92. The van der Waals surface area contributed by atoms with Gasteiger partial charge in [-0.1, -0.05) is 42.5 Å². The normalized spacial score (nSPS) is 11.6. The van der Waals surface area contributed by atoms with E-state index in [9.17, 15) is 4.79 Å². The molecule has 6 heteroatoms. The Morgan fingerprint density at radius 3 is 2.72 bits per heavy atom. The lowest BCUT2D eigenvalue weighted by Crippen LogP contribution is -2.37. The molecular formula is C19H19N3O2S. The molecule has 0 bridgehead atoms. The van der Waals surface area contributed by atoms with Crippen molar-refractivity contribution < 1.29 is 9.53 Å². The van der Waals surface area contributed by atoms with Crippen LogP contribution >= 0.6 is 11.3 Å². The van der Waals surface area contributed by atoms with Crippen LogP contribution in [-0.2, 0) is 6.54 Å². The maximum absolute atomic E-state index is 12.4.